The minimum Gasteiger partial charge on any atom is -0.462 e. The second-order valence-corrected chi connectivity index (χ2v) is 21.3. The number of carbonyl (C=O) groups excluding carboxylic acids is 3. The summed E-state index contributed by atoms with van der Waals surface area (Å²) in [6.07, 6.45) is 52.8. The van der Waals surface area contributed by atoms with E-state index in [-0.39, 0.29) is 25.9 Å². The van der Waals surface area contributed by atoms with Crippen LogP contribution >= 0.6 is 7.82 Å². The van der Waals surface area contributed by atoms with E-state index >= 15 is 0 Å². The predicted octanol–water partition coefficient (Wildman–Crippen LogP) is 17.0. The summed E-state index contributed by atoms with van der Waals surface area (Å²) >= 11 is 0. The van der Waals surface area contributed by atoms with Crippen LogP contribution in [0.15, 0.2) is 24.3 Å². The van der Waals surface area contributed by atoms with Crippen molar-refractivity contribution in [3.63, 3.8) is 0 Å². The maximum Gasteiger partial charge on any atom is 0.472 e. The fourth-order valence-corrected chi connectivity index (χ4v) is 9.17. The molecule has 0 bridgehead atoms. The van der Waals surface area contributed by atoms with Crippen molar-refractivity contribution in [2.75, 3.05) is 26.4 Å². The zero-order chi connectivity index (χ0) is 51.3. The number of allylic oxidation sites excluding steroid dienone is 4. The standard InChI is InChI=1S/C58H109O11P/c1-4-7-10-13-16-19-21-23-25-27-29-31-33-36-38-41-44-47-56(60)65-51-55(69-58(62)49-46-43-40-37-34-32-30-28-26-24-22-20-17-14-11-8-5-2)53-67-70(63,64)66-52-54(50-59)68-57(61)48-45-42-39-35-18-15-12-9-6-3/h16,19,23,25,54-55,59H,4-15,17-18,20-22,24,26-53H2,1-3H3,(H,63,64)/b19-16-,25-23-. The number of unbranched alkanes of at least 4 members (excludes halogenated alkanes) is 34. The van der Waals surface area contributed by atoms with Gasteiger partial charge in [0.05, 0.1) is 19.8 Å². The fraction of sp³-hybridized carbons (Fsp3) is 0.879. The molecule has 0 saturated heterocycles. The highest BCUT2D eigenvalue weighted by Gasteiger charge is 2.28. The van der Waals surface area contributed by atoms with Crippen molar-refractivity contribution >= 4 is 25.7 Å². The second-order valence-electron chi connectivity index (χ2n) is 19.8. The summed E-state index contributed by atoms with van der Waals surface area (Å²) in [6, 6.07) is 0. The van der Waals surface area contributed by atoms with E-state index in [4.69, 9.17) is 23.3 Å². The normalized spacial score (nSPS) is 13.5. The Kier molecular flexibility index (Phi) is 51.7. The second kappa shape index (κ2) is 53.3. The third-order valence-electron chi connectivity index (χ3n) is 12.9. The third-order valence-corrected chi connectivity index (χ3v) is 13.8. The van der Waals surface area contributed by atoms with Gasteiger partial charge in [-0.25, -0.2) is 4.57 Å². The number of phosphoric acid groups is 1. The minimum absolute atomic E-state index is 0.173. The Morgan fingerprint density at radius 1 is 0.400 bits per heavy atom. The molecule has 412 valence electrons. The first-order valence-corrected chi connectivity index (χ1v) is 30.7. The topological polar surface area (TPSA) is 155 Å². The molecule has 0 aliphatic heterocycles. The van der Waals surface area contributed by atoms with Gasteiger partial charge in [-0.05, 0) is 51.4 Å². The van der Waals surface area contributed by atoms with Gasteiger partial charge in [-0.15, -0.1) is 0 Å². The van der Waals surface area contributed by atoms with Crippen molar-refractivity contribution in [2.24, 2.45) is 0 Å². The number of aliphatic hydroxyl groups is 1. The van der Waals surface area contributed by atoms with E-state index in [1.807, 2.05) is 0 Å². The lowest BCUT2D eigenvalue weighted by atomic mass is 10.0. The number of hydrogen-bond donors (Lipinski definition) is 2. The number of hydrogen-bond acceptors (Lipinski definition) is 10. The Morgan fingerprint density at radius 3 is 1.09 bits per heavy atom. The number of aliphatic hydroxyl groups excluding tert-OH is 1. The molecule has 0 heterocycles. The Bertz CT molecular complexity index is 1270. The van der Waals surface area contributed by atoms with Crippen molar-refractivity contribution in [1.29, 1.82) is 0 Å². The highest BCUT2D eigenvalue weighted by Crippen LogP contribution is 2.43. The van der Waals surface area contributed by atoms with Crippen LogP contribution in [0.25, 0.3) is 0 Å². The Hall–Kier alpha value is -2.04. The monoisotopic (exact) mass is 1010 g/mol. The summed E-state index contributed by atoms with van der Waals surface area (Å²) in [5.41, 5.74) is 0. The van der Waals surface area contributed by atoms with Crippen LogP contribution in [0.1, 0.15) is 290 Å². The van der Waals surface area contributed by atoms with Crippen molar-refractivity contribution in [1.82, 2.24) is 0 Å². The van der Waals surface area contributed by atoms with Crippen LogP contribution in [-0.2, 0) is 42.2 Å². The molecule has 0 saturated carbocycles. The summed E-state index contributed by atoms with van der Waals surface area (Å²) < 4.78 is 39.5. The highest BCUT2D eigenvalue weighted by atomic mass is 31.2. The number of rotatable bonds is 55. The van der Waals surface area contributed by atoms with E-state index in [1.54, 1.807) is 0 Å². The predicted molar refractivity (Wildman–Crippen MR) is 289 cm³/mol. The molecule has 0 radical (unpaired) electrons. The molecule has 0 fully saturated rings. The van der Waals surface area contributed by atoms with Crippen LogP contribution in [0.2, 0.25) is 0 Å². The number of esters is 3. The summed E-state index contributed by atoms with van der Waals surface area (Å²) in [5, 5.41) is 9.77. The quantitative estimate of drug-likeness (QED) is 0.0197. The first-order chi connectivity index (χ1) is 34.2. The Morgan fingerprint density at radius 2 is 0.700 bits per heavy atom. The van der Waals surface area contributed by atoms with E-state index in [0.717, 1.165) is 70.6 Å². The van der Waals surface area contributed by atoms with Crippen molar-refractivity contribution in [3.05, 3.63) is 24.3 Å². The molecular weight excluding hydrogens is 904 g/mol. The van der Waals surface area contributed by atoms with Gasteiger partial charge in [-0.3, -0.25) is 23.4 Å². The molecule has 11 nitrogen and oxygen atoms in total. The van der Waals surface area contributed by atoms with Gasteiger partial charge < -0.3 is 24.2 Å². The van der Waals surface area contributed by atoms with Crippen molar-refractivity contribution in [2.45, 2.75) is 303 Å². The maximum absolute atomic E-state index is 12.9. The summed E-state index contributed by atoms with van der Waals surface area (Å²) in [5.74, 6) is -1.45. The average Bonchev–Trinajstić information content (AvgIpc) is 3.35. The van der Waals surface area contributed by atoms with Gasteiger partial charge in [0, 0.05) is 19.3 Å². The van der Waals surface area contributed by atoms with E-state index in [9.17, 15) is 28.9 Å². The van der Waals surface area contributed by atoms with Gasteiger partial charge in [0.15, 0.2) is 6.10 Å². The number of carbonyl (C=O) groups is 3. The van der Waals surface area contributed by atoms with Crippen molar-refractivity contribution in [3.8, 4) is 0 Å². The zero-order valence-corrected chi connectivity index (χ0v) is 46.4. The number of ether oxygens (including phenoxy) is 3. The molecule has 3 atom stereocenters. The summed E-state index contributed by atoms with van der Waals surface area (Å²) in [7, 11) is -4.74. The lowest BCUT2D eigenvalue weighted by molar-refractivity contribution is -0.161. The SMILES string of the molecule is CCCCC/C=C\C/C=C\CCCCCCCCCC(=O)OCC(COP(=O)(O)OCC(CO)OC(=O)CCCCCCCCCCC)OC(=O)CCCCCCCCCCCCCCCCCCC. The molecule has 0 aromatic heterocycles. The van der Waals surface area contributed by atoms with E-state index < -0.39 is 57.8 Å². The summed E-state index contributed by atoms with van der Waals surface area (Å²) in [4.78, 5) is 48.4. The zero-order valence-electron chi connectivity index (χ0n) is 45.5. The fourth-order valence-electron chi connectivity index (χ4n) is 8.39. The molecule has 0 aromatic rings. The first-order valence-electron chi connectivity index (χ1n) is 29.2. The van der Waals surface area contributed by atoms with Gasteiger partial charge in [0.1, 0.15) is 12.7 Å². The molecule has 0 aliphatic rings. The van der Waals surface area contributed by atoms with Crippen molar-refractivity contribution < 1.29 is 52.2 Å². The summed E-state index contributed by atoms with van der Waals surface area (Å²) in [6.45, 7) is 4.63. The smallest absolute Gasteiger partial charge is 0.462 e. The maximum atomic E-state index is 12.9. The Balaban J connectivity index is 4.68. The van der Waals surface area contributed by atoms with Gasteiger partial charge in [0.25, 0.3) is 0 Å². The van der Waals surface area contributed by atoms with Gasteiger partial charge >= 0.3 is 25.7 Å². The average molecular weight is 1010 g/mol. The van der Waals surface area contributed by atoms with Crippen LogP contribution in [0, 0.1) is 0 Å². The van der Waals surface area contributed by atoms with E-state index in [1.165, 1.54) is 161 Å². The molecular formula is C58H109O11P. The molecule has 0 aliphatic carbocycles. The molecule has 2 N–H and O–H groups in total. The molecule has 0 spiro atoms. The van der Waals surface area contributed by atoms with Crippen LogP contribution in [0.5, 0.6) is 0 Å². The molecule has 70 heavy (non-hydrogen) atoms. The van der Waals surface area contributed by atoms with Gasteiger partial charge in [-0.2, -0.15) is 0 Å². The minimum atomic E-state index is -4.74. The van der Waals surface area contributed by atoms with Gasteiger partial charge in [-0.1, -0.05) is 244 Å². The molecule has 0 rings (SSSR count). The highest BCUT2D eigenvalue weighted by molar-refractivity contribution is 7.47. The van der Waals surface area contributed by atoms with Crippen LogP contribution in [-0.4, -0.2) is 66.5 Å². The molecule has 3 unspecified atom stereocenters. The van der Waals surface area contributed by atoms with E-state index in [2.05, 4.69) is 45.1 Å². The first kappa shape index (κ1) is 68.0. The molecule has 0 amide bonds. The lowest BCUT2D eigenvalue weighted by Crippen LogP contribution is -2.30. The number of phosphoric ester groups is 1. The van der Waals surface area contributed by atoms with Gasteiger partial charge in [0.2, 0.25) is 0 Å². The van der Waals surface area contributed by atoms with Crippen LogP contribution in [0.4, 0.5) is 0 Å². The lowest BCUT2D eigenvalue weighted by Gasteiger charge is -2.21. The molecule has 0 aromatic carbocycles. The van der Waals surface area contributed by atoms with E-state index in [0.29, 0.717) is 19.3 Å². The third kappa shape index (κ3) is 50.9. The molecule has 12 heteroatoms. The van der Waals surface area contributed by atoms with Crippen LogP contribution in [0.3, 0.4) is 0 Å². The Labute approximate surface area is 429 Å². The largest absolute Gasteiger partial charge is 0.472 e. The van der Waals surface area contributed by atoms with Crippen LogP contribution < -0.4 is 0 Å².